The second-order valence-corrected chi connectivity index (χ2v) is 5.39. The van der Waals surface area contributed by atoms with E-state index < -0.39 is 0 Å². The predicted molar refractivity (Wildman–Crippen MR) is 91.3 cm³/mol. The van der Waals surface area contributed by atoms with Gasteiger partial charge in [0.1, 0.15) is 17.2 Å². The summed E-state index contributed by atoms with van der Waals surface area (Å²) in [6.45, 7) is 2.99. The summed E-state index contributed by atoms with van der Waals surface area (Å²) in [5.74, 6) is 3.18. The largest absolute Gasteiger partial charge is 0.493 e. The topological polar surface area (TPSA) is 30.5 Å². The van der Waals surface area contributed by atoms with Crippen LogP contribution in [0.25, 0.3) is 0 Å². The molecule has 3 nitrogen and oxygen atoms in total. The maximum Gasteiger partial charge on any atom is 0.131 e. The minimum absolute atomic E-state index is 0. The average molecular weight is 320 g/mol. The van der Waals surface area contributed by atoms with Gasteiger partial charge in [0.25, 0.3) is 0 Å². The van der Waals surface area contributed by atoms with Gasteiger partial charge < -0.3 is 14.8 Å². The van der Waals surface area contributed by atoms with Crippen LogP contribution in [0.15, 0.2) is 54.6 Å². The molecule has 22 heavy (non-hydrogen) atoms. The second kappa shape index (κ2) is 8.66. The lowest BCUT2D eigenvalue weighted by Gasteiger charge is -2.22. The van der Waals surface area contributed by atoms with Crippen molar-refractivity contribution in [1.82, 2.24) is 5.32 Å². The molecule has 4 heteroatoms. The van der Waals surface area contributed by atoms with Crippen LogP contribution in [0.5, 0.6) is 17.2 Å². The van der Waals surface area contributed by atoms with Gasteiger partial charge in [0, 0.05) is 6.07 Å². The van der Waals surface area contributed by atoms with Crippen molar-refractivity contribution in [3.8, 4) is 17.2 Å². The summed E-state index contributed by atoms with van der Waals surface area (Å²) in [7, 11) is 0. The average Bonchev–Trinajstić information content (AvgIpc) is 2.55. The number of para-hydroxylation sites is 1. The van der Waals surface area contributed by atoms with Crippen LogP contribution in [0.3, 0.4) is 0 Å². The van der Waals surface area contributed by atoms with E-state index in [-0.39, 0.29) is 12.4 Å². The zero-order chi connectivity index (χ0) is 14.3. The second-order valence-electron chi connectivity index (χ2n) is 5.39. The van der Waals surface area contributed by atoms with Gasteiger partial charge in [-0.2, -0.15) is 0 Å². The Labute approximate surface area is 138 Å². The number of ether oxygens (including phenoxy) is 2. The van der Waals surface area contributed by atoms with Gasteiger partial charge in [-0.15, -0.1) is 12.4 Å². The van der Waals surface area contributed by atoms with Gasteiger partial charge in [-0.25, -0.2) is 0 Å². The Bertz CT molecular complexity index is 556. The van der Waals surface area contributed by atoms with Crippen molar-refractivity contribution in [2.24, 2.45) is 5.92 Å². The Morgan fingerprint density at radius 2 is 1.55 bits per heavy atom. The maximum absolute atomic E-state index is 5.92. The highest BCUT2D eigenvalue weighted by atomic mass is 35.5. The highest BCUT2D eigenvalue weighted by Crippen LogP contribution is 2.25. The molecule has 0 amide bonds. The van der Waals surface area contributed by atoms with Crippen LogP contribution < -0.4 is 14.8 Å². The number of rotatable bonds is 5. The third kappa shape index (κ3) is 4.93. The van der Waals surface area contributed by atoms with Crippen LogP contribution in [0.4, 0.5) is 0 Å². The maximum atomic E-state index is 5.92. The van der Waals surface area contributed by atoms with E-state index in [2.05, 4.69) is 5.32 Å². The van der Waals surface area contributed by atoms with Crippen molar-refractivity contribution in [2.45, 2.75) is 12.8 Å². The van der Waals surface area contributed by atoms with E-state index in [1.807, 2.05) is 54.6 Å². The van der Waals surface area contributed by atoms with Gasteiger partial charge >= 0.3 is 0 Å². The molecule has 0 spiro atoms. The Hall–Kier alpha value is -1.71. The van der Waals surface area contributed by atoms with E-state index in [1.54, 1.807) is 0 Å². The minimum atomic E-state index is 0. The highest BCUT2D eigenvalue weighted by Gasteiger charge is 2.13. The number of hydrogen-bond acceptors (Lipinski definition) is 3. The molecule has 1 aliphatic heterocycles. The van der Waals surface area contributed by atoms with Crippen LogP contribution in [-0.4, -0.2) is 19.7 Å². The summed E-state index contributed by atoms with van der Waals surface area (Å²) in [6, 6.07) is 17.7. The fraction of sp³-hybridized carbons (Fsp3) is 0.333. The Kier molecular flexibility index (Phi) is 6.56. The molecular weight excluding hydrogens is 298 g/mol. The first kappa shape index (κ1) is 16.7. The predicted octanol–water partition coefficient (Wildman–Crippen LogP) is 4.28. The van der Waals surface area contributed by atoms with Gasteiger partial charge in [-0.3, -0.25) is 0 Å². The van der Waals surface area contributed by atoms with Crippen molar-refractivity contribution in [2.75, 3.05) is 19.7 Å². The molecule has 0 aliphatic carbocycles. The van der Waals surface area contributed by atoms with Crippen molar-refractivity contribution in [3.63, 3.8) is 0 Å². The first-order valence-electron chi connectivity index (χ1n) is 7.56. The summed E-state index contributed by atoms with van der Waals surface area (Å²) in [5.41, 5.74) is 0. The molecule has 2 aromatic carbocycles. The summed E-state index contributed by atoms with van der Waals surface area (Å²) < 4.78 is 11.7. The van der Waals surface area contributed by atoms with Crippen LogP contribution in [0.2, 0.25) is 0 Å². The van der Waals surface area contributed by atoms with E-state index >= 15 is 0 Å². The van der Waals surface area contributed by atoms with Crippen molar-refractivity contribution >= 4 is 12.4 Å². The molecule has 0 radical (unpaired) electrons. The molecule has 0 unspecified atom stereocenters. The van der Waals surface area contributed by atoms with Crippen LogP contribution in [-0.2, 0) is 0 Å². The molecule has 1 fully saturated rings. The van der Waals surface area contributed by atoms with E-state index in [0.29, 0.717) is 5.92 Å². The monoisotopic (exact) mass is 319 g/mol. The number of piperidine rings is 1. The van der Waals surface area contributed by atoms with E-state index in [9.17, 15) is 0 Å². The molecule has 1 saturated heterocycles. The summed E-state index contributed by atoms with van der Waals surface area (Å²) in [4.78, 5) is 0. The lowest BCUT2D eigenvalue weighted by molar-refractivity contribution is 0.215. The Morgan fingerprint density at radius 1 is 0.864 bits per heavy atom. The third-order valence-electron chi connectivity index (χ3n) is 3.73. The molecule has 1 heterocycles. The number of benzene rings is 2. The van der Waals surface area contributed by atoms with Gasteiger partial charge in [-0.05, 0) is 56.1 Å². The zero-order valence-corrected chi connectivity index (χ0v) is 13.4. The molecule has 2 aromatic rings. The van der Waals surface area contributed by atoms with Gasteiger partial charge in [0.15, 0.2) is 0 Å². The van der Waals surface area contributed by atoms with Crippen molar-refractivity contribution in [1.29, 1.82) is 0 Å². The van der Waals surface area contributed by atoms with Gasteiger partial charge in [-0.1, -0.05) is 24.3 Å². The minimum Gasteiger partial charge on any atom is -0.493 e. The van der Waals surface area contributed by atoms with Crippen molar-refractivity contribution < 1.29 is 9.47 Å². The lowest BCUT2D eigenvalue weighted by Crippen LogP contribution is -2.30. The first-order valence-corrected chi connectivity index (χ1v) is 7.56. The molecule has 118 valence electrons. The summed E-state index contributed by atoms with van der Waals surface area (Å²) in [6.07, 6.45) is 2.39. The van der Waals surface area contributed by atoms with E-state index in [0.717, 1.165) is 36.9 Å². The molecular formula is C18H22ClNO2. The number of hydrogen-bond donors (Lipinski definition) is 1. The first-order chi connectivity index (χ1) is 10.4. The Morgan fingerprint density at radius 3 is 2.32 bits per heavy atom. The summed E-state index contributed by atoms with van der Waals surface area (Å²) >= 11 is 0. The molecule has 0 aromatic heterocycles. The molecule has 0 bridgehead atoms. The molecule has 1 N–H and O–H groups in total. The molecule has 0 atom stereocenters. The van der Waals surface area contributed by atoms with Crippen LogP contribution in [0.1, 0.15) is 12.8 Å². The quantitative estimate of drug-likeness (QED) is 0.892. The highest BCUT2D eigenvalue weighted by molar-refractivity contribution is 5.85. The van der Waals surface area contributed by atoms with E-state index in [1.165, 1.54) is 12.8 Å². The van der Waals surface area contributed by atoms with Gasteiger partial charge in [0.05, 0.1) is 6.61 Å². The third-order valence-corrected chi connectivity index (χ3v) is 3.73. The molecule has 0 saturated carbocycles. The lowest BCUT2D eigenvalue weighted by atomic mass is 9.99. The van der Waals surface area contributed by atoms with Crippen LogP contribution >= 0.6 is 12.4 Å². The van der Waals surface area contributed by atoms with E-state index in [4.69, 9.17) is 9.47 Å². The number of nitrogens with one attached hydrogen (secondary N) is 1. The van der Waals surface area contributed by atoms with Crippen molar-refractivity contribution in [3.05, 3.63) is 54.6 Å². The molecule has 1 aliphatic rings. The SMILES string of the molecule is Cl.c1ccc(Oc2cccc(OCC3CCNCC3)c2)cc1. The smallest absolute Gasteiger partial charge is 0.131 e. The molecule has 3 rings (SSSR count). The normalized spacial score (nSPS) is 14.9. The zero-order valence-electron chi connectivity index (χ0n) is 12.5. The summed E-state index contributed by atoms with van der Waals surface area (Å²) in [5, 5.41) is 3.37. The number of halogens is 1. The fourth-order valence-electron chi connectivity index (χ4n) is 2.51. The standard InChI is InChI=1S/C18H21NO2.ClH/c1-2-5-16(6-3-1)21-18-8-4-7-17(13-18)20-14-15-9-11-19-12-10-15;/h1-8,13,15,19H,9-12,14H2;1H. The fourth-order valence-corrected chi connectivity index (χ4v) is 2.51. The van der Waals surface area contributed by atoms with Crippen LogP contribution in [0, 0.1) is 5.92 Å². The Balaban J connectivity index is 0.00000176. The van der Waals surface area contributed by atoms with Gasteiger partial charge in [0.2, 0.25) is 0 Å².